The third-order valence-electron chi connectivity index (χ3n) is 2.06. The number of nitrogens with one attached hydrogen (secondary N) is 1. The van der Waals surface area contributed by atoms with Gasteiger partial charge in [0.05, 0.1) is 9.85 Å². The summed E-state index contributed by atoms with van der Waals surface area (Å²) in [6.45, 7) is 1.13. The Bertz CT molecular complexity index is 550. The number of nitro benzene ring substituents is 2. The SMILES string of the molecule is CC(=NNc1c([N+](=O)[O-])cccc1[N+](=O)[O-])C(=O)O. The quantitative estimate of drug-likeness (QED) is 0.465. The Morgan fingerprint density at radius 3 is 2.11 bits per heavy atom. The third-order valence-corrected chi connectivity index (χ3v) is 2.06. The van der Waals surface area contributed by atoms with Gasteiger partial charge in [-0.1, -0.05) is 0 Å². The molecular weight excluding hydrogens is 260 g/mol. The van der Waals surface area contributed by atoms with Gasteiger partial charge in [0.1, 0.15) is 5.71 Å². The summed E-state index contributed by atoms with van der Waals surface area (Å²) in [5.74, 6) is -1.35. The lowest BCUT2D eigenvalue weighted by atomic mass is 10.2. The lowest BCUT2D eigenvalue weighted by Gasteiger charge is -2.03. The molecule has 0 aliphatic heterocycles. The van der Waals surface area contributed by atoms with E-state index >= 15 is 0 Å². The number of nitro groups is 2. The molecule has 0 saturated heterocycles. The Morgan fingerprint density at radius 2 is 1.74 bits per heavy atom. The number of carboxylic acid groups (broad SMARTS) is 1. The second-order valence-corrected chi connectivity index (χ2v) is 3.30. The third kappa shape index (κ3) is 3.21. The van der Waals surface area contributed by atoms with E-state index in [1.807, 2.05) is 5.43 Å². The number of carboxylic acids is 1. The molecule has 1 aromatic carbocycles. The van der Waals surface area contributed by atoms with Crippen molar-refractivity contribution in [1.29, 1.82) is 0 Å². The van der Waals surface area contributed by atoms with Gasteiger partial charge in [-0.05, 0) is 13.0 Å². The molecule has 2 N–H and O–H groups in total. The molecule has 0 atom stereocenters. The topological polar surface area (TPSA) is 148 Å². The fourth-order valence-corrected chi connectivity index (χ4v) is 1.13. The molecule has 10 heteroatoms. The van der Waals surface area contributed by atoms with Crippen molar-refractivity contribution in [2.24, 2.45) is 5.10 Å². The molecule has 0 aliphatic rings. The highest BCUT2D eigenvalue weighted by atomic mass is 16.6. The van der Waals surface area contributed by atoms with Crippen LogP contribution in [0.15, 0.2) is 23.3 Å². The Labute approximate surface area is 105 Å². The maximum Gasteiger partial charge on any atom is 0.351 e. The summed E-state index contributed by atoms with van der Waals surface area (Å²) in [4.78, 5) is 30.4. The zero-order valence-electron chi connectivity index (χ0n) is 9.56. The van der Waals surface area contributed by atoms with E-state index in [4.69, 9.17) is 5.11 Å². The number of hydrazone groups is 1. The Morgan fingerprint density at radius 1 is 1.26 bits per heavy atom. The van der Waals surface area contributed by atoms with E-state index < -0.39 is 38.6 Å². The van der Waals surface area contributed by atoms with Gasteiger partial charge in [0.2, 0.25) is 5.69 Å². The number of hydrogen-bond acceptors (Lipinski definition) is 7. The second-order valence-electron chi connectivity index (χ2n) is 3.30. The lowest BCUT2D eigenvalue weighted by Crippen LogP contribution is -2.11. The van der Waals surface area contributed by atoms with Gasteiger partial charge in [0.25, 0.3) is 0 Å². The van der Waals surface area contributed by atoms with Gasteiger partial charge < -0.3 is 5.11 Å². The van der Waals surface area contributed by atoms with Gasteiger partial charge in [-0.25, -0.2) is 4.79 Å². The summed E-state index contributed by atoms with van der Waals surface area (Å²) in [6, 6.07) is 3.23. The first kappa shape index (κ1) is 14.0. The van der Waals surface area contributed by atoms with Crippen LogP contribution in [0.1, 0.15) is 6.92 Å². The van der Waals surface area contributed by atoms with Gasteiger partial charge in [0, 0.05) is 12.1 Å². The first-order chi connectivity index (χ1) is 8.84. The molecule has 0 bridgehead atoms. The number of benzene rings is 1. The van der Waals surface area contributed by atoms with Crippen molar-refractivity contribution < 1.29 is 19.7 Å². The largest absolute Gasteiger partial charge is 0.477 e. The van der Waals surface area contributed by atoms with Crippen LogP contribution in [0, 0.1) is 20.2 Å². The smallest absolute Gasteiger partial charge is 0.351 e. The summed E-state index contributed by atoms with van der Waals surface area (Å²) >= 11 is 0. The number of anilines is 1. The van der Waals surface area contributed by atoms with Crippen LogP contribution in [0.2, 0.25) is 0 Å². The van der Waals surface area contributed by atoms with Crippen LogP contribution in [0.5, 0.6) is 0 Å². The maximum atomic E-state index is 10.8. The first-order valence-electron chi connectivity index (χ1n) is 4.80. The van der Waals surface area contributed by atoms with Crippen LogP contribution >= 0.6 is 0 Å². The predicted octanol–water partition coefficient (Wildman–Crippen LogP) is 1.38. The molecule has 0 aromatic heterocycles. The van der Waals surface area contributed by atoms with Crippen LogP contribution in [0.4, 0.5) is 17.1 Å². The Kier molecular flexibility index (Phi) is 4.08. The molecular formula is C9H8N4O6. The fraction of sp³-hybridized carbons (Fsp3) is 0.111. The minimum absolute atomic E-state index is 0.396. The number of aliphatic carboxylic acids is 1. The molecule has 1 aromatic rings. The molecule has 0 radical (unpaired) electrons. The van der Waals surface area contributed by atoms with E-state index in [0.29, 0.717) is 0 Å². The van der Waals surface area contributed by atoms with E-state index in [9.17, 15) is 25.0 Å². The van der Waals surface area contributed by atoms with Crippen LogP contribution in [0.3, 0.4) is 0 Å². The average Bonchev–Trinajstić information content (AvgIpc) is 2.34. The Balaban J connectivity index is 3.30. The number of rotatable bonds is 5. The molecule has 10 nitrogen and oxygen atoms in total. The molecule has 100 valence electrons. The van der Waals surface area contributed by atoms with Crippen LogP contribution in [-0.2, 0) is 4.79 Å². The number of nitrogens with zero attached hydrogens (tertiary/aromatic N) is 3. The summed E-state index contributed by atoms with van der Waals surface area (Å²) in [6.07, 6.45) is 0. The van der Waals surface area contributed by atoms with E-state index in [2.05, 4.69) is 5.10 Å². The maximum absolute atomic E-state index is 10.8. The molecule has 0 unspecified atom stereocenters. The molecule has 0 heterocycles. The van der Waals surface area contributed by atoms with Gasteiger partial charge in [0.15, 0.2) is 0 Å². The highest BCUT2D eigenvalue weighted by Gasteiger charge is 2.24. The molecule has 0 amide bonds. The molecule has 1 rings (SSSR count). The van der Waals surface area contributed by atoms with Crippen molar-refractivity contribution in [3.63, 3.8) is 0 Å². The number of carbonyl (C=O) groups is 1. The van der Waals surface area contributed by atoms with Crippen molar-refractivity contribution in [3.05, 3.63) is 38.4 Å². The van der Waals surface area contributed by atoms with Crippen molar-refractivity contribution in [2.45, 2.75) is 6.92 Å². The van der Waals surface area contributed by atoms with Crippen LogP contribution in [-0.4, -0.2) is 26.6 Å². The van der Waals surface area contributed by atoms with Crippen LogP contribution < -0.4 is 5.43 Å². The average molecular weight is 268 g/mol. The van der Waals surface area contributed by atoms with Gasteiger partial charge in [-0.3, -0.25) is 25.7 Å². The molecule has 0 aliphatic carbocycles. The number of hydrogen-bond donors (Lipinski definition) is 2. The fourth-order valence-electron chi connectivity index (χ4n) is 1.13. The zero-order valence-corrected chi connectivity index (χ0v) is 9.56. The minimum atomic E-state index is -1.35. The second kappa shape index (κ2) is 5.53. The molecule has 0 saturated carbocycles. The number of para-hydroxylation sites is 1. The van der Waals surface area contributed by atoms with E-state index in [1.165, 1.54) is 0 Å². The standard InChI is InChI=1S/C9H8N4O6/c1-5(9(14)15)10-11-8-6(12(16)17)3-2-4-7(8)13(18)19/h2-4,11H,1H3,(H,14,15). The highest BCUT2D eigenvalue weighted by Crippen LogP contribution is 2.33. The van der Waals surface area contributed by atoms with Crippen molar-refractivity contribution in [1.82, 2.24) is 0 Å². The minimum Gasteiger partial charge on any atom is -0.477 e. The van der Waals surface area contributed by atoms with Crippen LogP contribution in [0.25, 0.3) is 0 Å². The van der Waals surface area contributed by atoms with Gasteiger partial charge in [-0.2, -0.15) is 5.10 Å². The zero-order chi connectivity index (χ0) is 14.6. The Hall–Kier alpha value is -3.04. The molecule has 0 fully saturated rings. The highest BCUT2D eigenvalue weighted by molar-refractivity contribution is 6.34. The van der Waals surface area contributed by atoms with Gasteiger partial charge in [-0.15, -0.1) is 0 Å². The van der Waals surface area contributed by atoms with Crippen molar-refractivity contribution in [2.75, 3.05) is 5.43 Å². The summed E-state index contributed by atoms with van der Waals surface area (Å²) in [5, 5.41) is 33.4. The lowest BCUT2D eigenvalue weighted by molar-refractivity contribution is -0.392. The van der Waals surface area contributed by atoms with Gasteiger partial charge >= 0.3 is 17.3 Å². The van der Waals surface area contributed by atoms with E-state index in [1.54, 1.807) is 0 Å². The van der Waals surface area contributed by atoms with E-state index in [0.717, 1.165) is 25.1 Å². The summed E-state index contributed by atoms with van der Waals surface area (Å²) in [7, 11) is 0. The first-order valence-corrected chi connectivity index (χ1v) is 4.80. The molecule has 19 heavy (non-hydrogen) atoms. The summed E-state index contributed by atoms with van der Waals surface area (Å²) < 4.78 is 0. The van der Waals surface area contributed by atoms with E-state index in [-0.39, 0.29) is 0 Å². The predicted molar refractivity (Wildman–Crippen MR) is 64.1 cm³/mol. The normalized spacial score (nSPS) is 10.9. The van der Waals surface area contributed by atoms with Crippen molar-refractivity contribution in [3.8, 4) is 0 Å². The molecule has 0 spiro atoms. The van der Waals surface area contributed by atoms with Crippen molar-refractivity contribution >= 4 is 28.7 Å². The monoisotopic (exact) mass is 268 g/mol. The summed E-state index contributed by atoms with van der Waals surface area (Å²) in [5.41, 5.74) is 0.0335.